The average molecular weight is 344 g/mol. The number of hydrogen-bond acceptors (Lipinski definition) is 6. The molecule has 3 aliphatic rings. The zero-order valence-corrected chi connectivity index (χ0v) is 14.3. The molecule has 0 aromatic heterocycles. The molecule has 0 amide bonds. The van der Waals surface area contributed by atoms with Crippen molar-refractivity contribution in [3.63, 3.8) is 0 Å². The number of hydrogen-bond donors (Lipinski definition) is 1. The lowest BCUT2D eigenvalue weighted by Crippen LogP contribution is -2.43. The normalized spacial score (nSPS) is 19.8. The van der Waals surface area contributed by atoms with Crippen molar-refractivity contribution in [2.75, 3.05) is 25.2 Å². The number of hydroxylamine groups is 2. The summed E-state index contributed by atoms with van der Waals surface area (Å²) in [6, 6.07) is 7.80. The molecule has 124 valence electrons. The van der Waals surface area contributed by atoms with Crippen LogP contribution < -0.4 is 10.6 Å². The lowest BCUT2D eigenvalue weighted by Gasteiger charge is -2.40. The number of halogens is 1. The van der Waals surface area contributed by atoms with Crippen molar-refractivity contribution in [2.24, 2.45) is 10.7 Å². The van der Waals surface area contributed by atoms with Gasteiger partial charge in [-0.25, -0.2) is 10.1 Å². The zero-order chi connectivity index (χ0) is 16.8. The van der Waals surface area contributed by atoms with Gasteiger partial charge in [0.15, 0.2) is 0 Å². The molecule has 0 radical (unpaired) electrons. The summed E-state index contributed by atoms with van der Waals surface area (Å²) in [4.78, 5) is 14.2. The second-order valence-corrected chi connectivity index (χ2v) is 6.29. The molecule has 3 aliphatic heterocycles. The molecule has 0 fully saturated rings. The van der Waals surface area contributed by atoms with E-state index in [-0.39, 0.29) is 0 Å². The van der Waals surface area contributed by atoms with Crippen LogP contribution in [0.25, 0.3) is 0 Å². The van der Waals surface area contributed by atoms with E-state index in [1.807, 2.05) is 43.6 Å². The monoisotopic (exact) mass is 343 g/mol. The highest BCUT2D eigenvalue weighted by Gasteiger charge is 2.36. The summed E-state index contributed by atoms with van der Waals surface area (Å²) in [6.45, 7) is 3.26. The Bertz CT molecular complexity index is 826. The second-order valence-electron chi connectivity index (χ2n) is 5.89. The van der Waals surface area contributed by atoms with Crippen molar-refractivity contribution < 1.29 is 4.84 Å². The fourth-order valence-electron chi connectivity index (χ4n) is 3.13. The highest BCUT2D eigenvalue weighted by molar-refractivity contribution is 6.33. The third-order valence-electron chi connectivity index (χ3n) is 4.41. The predicted octanol–water partition coefficient (Wildman–Crippen LogP) is 2.62. The van der Waals surface area contributed by atoms with Crippen LogP contribution in [0.3, 0.4) is 0 Å². The van der Waals surface area contributed by atoms with E-state index < -0.39 is 0 Å². The first-order chi connectivity index (χ1) is 11.6. The van der Waals surface area contributed by atoms with Gasteiger partial charge >= 0.3 is 0 Å². The average Bonchev–Trinajstić information content (AvgIpc) is 3.02. The molecule has 0 saturated heterocycles. The number of aliphatic imine (C=N–C) groups is 1. The highest BCUT2D eigenvalue weighted by Crippen LogP contribution is 2.39. The zero-order valence-electron chi connectivity index (χ0n) is 13.5. The Morgan fingerprint density at radius 1 is 1.25 bits per heavy atom. The highest BCUT2D eigenvalue weighted by atomic mass is 35.5. The van der Waals surface area contributed by atoms with Crippen LogP contribution in [0.5, 0.6) is 0 Å². The third-order valence-corrected chi connectivity index (χ3v) is 4.73. The Labute approximate surface area is 145 Å². The summed E-state index contributed by atoms with van der Waals surface area (Å²) in [5, 5.41) is 2.45. The number of fused-ring (bicyclic) bond motifs is 2. The van der Waals surface area contributed by atoms with Crippen LogP contribution >= 0.6 is 11.6 Å². The van der Waals surface area contributed by atoms with E-state index in [2.05, 4.69) is 14.8 Å². The van der Waals surface area contributed by atoms with Gasteiger partial charge in [-0.15, -0.1) is 0 Å². The first kappa shape index (κ1) is 15.1. The van der Waals surface area contributed by atoms with Gasteiger partial charge < -0.3 is 15.5 Å². The maximum atomic E-state index is 6.45. The molecular weight excluding hydrogens is 326 g/mol. The predicted molar refractivity (Wildman–Crippen MR) is 94.8 cm³/mol. The molecule has 1 aromatic carbocycles. The van der Waals surface area contributed by atoms with Crippen LogP contribution in [0, 0.1) is 0 Å². The smallest absolute Gasteiger partial charge is 0.144 e. The van der Waals surface area contributed by atoms with Gasteiger partial charge in [0.2, 0.25) is 0 Å². The van der Waals surface area contributed by atoms with Gasteiger partial charge in [0.05, 0.1) is 41.6 Å². The molecule has 0 bridgehead atoms. The summed E-state index contributed by atoms with van der Waals surface area (Å²) in [6.07, 6.45) is 3.73. The molecule has 0 saturated carbocycles. The van der Waals surface area contributed by atoms with Crippen molar-refractivity contribution in [3.05, 3.63) is 64.0 Å². The largest absolute Gasteiger partial charge is 0.397 e. The summed E-state index contributed by atoms with van der Waals surface area (Å²) in [5.41, 5.74) is 10.8. The van der Waals surface area contributed by atoms with Gasteiger partial charge in [0, 0.05) is 6.54 Å². The van der Waals surface area contributed by atoms with Gasteiger partial charge in [-0.2, -0.15) is 0 Å². The number of nitrogens with zero attached hydrogens (tertiary/aromatic N) is 4. The molecule has 7 heteroatoms. The molecule has 1 aromatic rings. The molecule has 0 atom stereocenters. The van der Waals surface area contributed by atoms with Crippen molar-refractivity contribution in [1.29, 1.82) is 0 Å². The SMILES string of the molecule is CON1C=C2C=NC3=C(N2C1)N(c1ccccc1Cl)CC(C)=C3N. The van der Waals surface area contributed by atoms with Gasteiger partial charge in [-0.3, -0.25) is 4.84 Å². The van der Waals surface area contributed by atoms with E-state index in [0.717, 1.165) is 34.2 Å². The molecular formula is C17H18ClN5O. The molecule has 0 aliphatic carbocycles. The third kappa shape index (κ3) is 2.18. The van der Waals surface area contributed by atoms with Gasteiger partial charge in [0.25, 0.3) is 0 Å². The molecule has 4 rings (SSSR count). The summed E-state index contributed by atoms with van der Waals surface area (Å²) in [5.74, 6) is 0.930. The maximum absolute atomic E-state index is 6.45. The van der Waals surface area contributed by atoms with Crippen LogP contribution in [-0.4, -0.2) is 36.5 Å². The summed E-state index contributed by atoms with van der Waals surface area (Å²) in [7, 11) is 1.65. The van der Waals surface area contributed by atoms with Crippen LogP contribution in [0.4, 0.5) is 5.69 Å². The number of anilines is 1. The molecule has 0 unspecified atom stereocenters. The van der Waals surface area contributed by atoms with Crippen LogP contribution in [0.1, 0.15) is 6.92 Å². The number of nitrogens with two attached hydrogens (primary N) is 1. The topological polar surface area (TPSA) is 57.3 Å². The Balaban J connectivity index is 1.86. The number of allylic oxidation sites excluding steroid dienone is 1. The van der Waals surface area contributed by atoms with Crippen LogP contribution in [0.15, 0.2) is 63.9 Å². The van der Waals surface area contributed by atoms with E-state index in [4.69, 9.17) is 22.2 Å². The fraction of sp³-hybridized carbons (Fsp3) is 0.235. The molecule has 24 heavy (non-hydrogen) atoms. The van der Waals surface area contributed by atoms with Crippen molar-refractivity contribution in [2.45, 2.75) is 6.92 Å². The Kier molecular flexibility index (Phi) is 3.51. The molecule has 3 heterocycles. The van der Waals surface area contributed by atoms with Crippen molar-refractivity contribution in [3.8, 4) is 0 Å². The van der Waals surface area contributed by atoms with Crippen LogP contribution in [0.2, 0.25) is 5.02 Å². The van der Waals surface area contributed by atoms with Gasteiger partial charge in [-0.1, -0.05) is 23.7 Å². The van der Waals surface area contributed by atoms with Gasteiger partial charge in [0.1, 0.15) is 18.2 Å². The fourth-order valence-corrected chi connectivity index (χ4v) is 3.37. The summed E-state index contributed by atoms with van der Waals surface area (Å²) >= 11 is 6.45. The lowest BCUT2D eigenvalue weighted by molar-refractivity contribution is -0.0951. The Morgan fingerprint density at radius 2 is 2.04 bits per heavy atom. The first-order valence-electron chi connectivity index (χ1n) is 7.66. The second kappa shape index (κ2) is 5.58. The van der Waals surface area contributed by atoms with Crippen molar-refractivity contribution >= 4 is 23.5 Å². The Hall–Kier alpha value is -2.44. The van der Waals surface area contributed by atoms with Gasteiger partial charge in [-0.05, 0) is 24.6 Å². The standard InChI is InChI=1S/C17H18ClN5O/c1-11-8-22(14-6-4-3-5-13(14)18)17-16(15(11)19)20-7-12-9-21(24-2)10-23(12)17/h3-7,9H,8,10,19H2,1-2H3. The molecule has 0 spiro atoms. The minimum Gasteiger partial charge on any atom is -0.397 e. The number of para-hydroxylation sites is 1. The first-order valence-corrected chi connectivity index (χ1v) is 8.04. The number of rotatable bonds is 2. The van der Waals surface area contributed by atoms with E-state index in [9.17, 15) is 0 Å². The van der Waals surface area contributed by atoms with E-state index in [1.54, 1.807) is 12.2 Å². The maximum Gasteiger partial charge on any atom is 0.144 e. The number of benzene rings is 1. The molecule has 6 nitrogen and oxygen atoms in total. The Morgan fingerprint density at radius 3 is 2.79 bits per heavy atom. The summed E-state index contributed by atoms with van der Waals surface area (Å²) < 4.78 is 0. The van der Waals surface area contributed by atoms with E-state index in [1.165, 1.54) is 0 Å². The minimum absolute atomic E-state index is 0.573. The van der Waals surface area contributed by atoms with Crippen molar-refractivity contribution in [1.82, 2.24) is 9.96 Å². The quantitative estimate of drug-likeness (QED) is 0.894. The molecule has 2 N–H and O–H groups in total. The van der Waals surface area contributed by atoms with E-state index in [0.29, 0.717) is 18.2 Å². The van der Waals surface area contributed by atoms with E-state index >= 15 is 0 Å². The van der Waals surface area contributed by atoms with Crippen LogP contribution in [-0.2, 0) is 4.84 Å². The minimum atomic E-state index is 0.573. The lowest BCUT2D eigenvalue weighted by atomic mass is 10.1.